The number of aryl methyl sites for hydroxylation is 1. The van der Waals surface area contributed by atoms with E-state index in [1.807, 2.05) is 60.8 Å². The van der Waals surface area contributed by atoms with Crippen molar-refractivity contribution in [1.82, 2.24) is 0 Å². The average molecular weight is 517 g/mol. The Kier molecular flexibility index (Phi) is 7.15. The van der Waals surface area contributed by atoms with Crippen LogP contribution in [0.4, 0.5) is 0 Å². The molecule has 0 radical (unpaired) electrons. The fourth-order valence-corrected chi connectivity index (χ4v) is 4.42. The van der Waals surface area contributed by atoms with Crippen molar-refractivity contribution < 1.29 is 4.84 Å². The van der Waals surface area contributed by atoms with E-state index in [4.69, 9.17) is 4.84 Å². The van der Waals surface area contributed by atoms with Gasteiger partial charge in [-0.2, -0.15) is 0 Å². The SMILES string of the molecule is Ic1ccccc1CC/C=N/OC(c1ccccc1)(c1ccccc1)c1ccccc1. The molecule has 0 aliphatic carbocycles. The van der Waals surface area contributed by atoms with Gasteiger partial charge in [-0.25, -0.2) is 0 Å². The third-order valence-electron chi connectivity index (χ3n) is 5.31. The summed E-state index contributed by atoms with van der Waals surface area (Å²) in [5.41, 5.74) is 3.64. The molecule has 154 valence electrons. The lowest BCUT2D eigenvalue weighted by molar-refractivity contribution is 0.0179. The summed E-state index contributed by atoms with van der Waals surface area (Å²) >= 11 is 2.38. The van der Waals surface area contributed by atoms with Gasteiger partial charge in [0, 0.05) is 26.5 Å². The van der Waals surface area contributed by atoms with Gasteiger partial charge in [0.25, 0.3) is 0 Å². The standard InChI is InChI=1S/C28H24INO/c29-27-21-11-10-13-23(27)14-12-22-30-31-28(24-15-4-1-5-16-24,25-17-6-2-7-18-25)26-19-8-3-9-20-26/h1-11,13,15-22H,12,14H2/b30-22+. The maximum absolute atomic E-state index is 6.42. The lowest BCUT2D eigenvalue weighted by Crippen LogP contribution is -2.31. The van der Waals surface area contributed by atoms with Gasteiger partial charge in [-0.05, 0) is 47.1 Å². The molecule has 0 aliphatic heterocycles. The van der Waals surface area contributed by atoms with Crippen LogP contribution >= 0.6 is 22.6 Å². The number of hydrogen-bond acceptors (Lipinski definition) is 2. The predicted molar refractivity (Wildman–Crippen MR) is 136 cm³/mol. The second kappa shape index (κ2) is 10.4. The fraction of sp³-hybridized carbons (Fsp3) is 0.107. The van der Waals surface area contributed by atoms with Gasteiger partial charge in [0.1, 0.15) is 0 Å². The first-order valence-corrected chi connectivity index (χ1v) is 11.5. The number of hydrogen-bond donors (Lipinski definition) is 0. The summed E-state index contributed by atoms with van der Waals surface area (Å²) in [5, 5.41) is 4.49. The molecule has 0 amide bonds. The number of halogens is 1. The number of benzene rings is 4. The molecule has 4 aromatic carbocycles. The maximum atomic E-state index is 6.42. The molecule has 0 aliphatic rings. The monoisotopic (exact) mass is 517 g/mol. The van der Waals surface area contributed by atoms with E-state index < -0.39 is 5.60 Å². The third kappa shape index (κ3) is 4.88. The first kappa shape index (κ1) is 21.3. The van der Waals surface area contributed by atoms with Crippen LogP contribution in [-0.2, 0) is 16.9 Å². The minimum absolute atomic E-state index is 0.814. The molecule has 0 saturated heterocycles. The predicted octanol–water partition coefficient (Wildman–Crippen LogP) is 7.22. The maximum Gasteiger partial charge on any atom is 0.212 e. The Morgan fingerprint density at radius 1 is 0.645 bits per heavy atom. The highest BCUT2D eigenvalue weighted by atomic mass is 127. The van der Waals surface area contributed by atoms with E-state index in [0.717, 1.165) is 29.5 Å². The van der Waals surface area contributed by atoms with E-state index in [0.29, 0.717) is 0 Å². The Hall–Kier alpha value is -2.92. The molecule has 0 bridgehead atoms. The van der Waals surface area contributed by atoms with Gasteiger partial charge in [-0.1, -0.05) is 114 Å². The van der Waals surface area contributed by atoms with Crippen LogP contribution in [0.5, 0.6) is 0 Å². The first-order chi connectivity index (χ1) is 15.3. The van der Waals surface area contributed by atoms with Gasteiger partial charge in [-0.3, -0.25) is 0 Å². The first-order valence-electron chi connectivity index (χ1n) is 10.4. The molecule has 4 rings (SSSR count). The van der Waals surface area contributed by atoms with Crippen molar-refractivity contribution in [1.29, 1.82) is 0 Å². The zero-order valence-corrected chi connectivity index (χ0v) is 19.4. The van der Waals surface area contributed by atoms with E-state index >= 15 is 0 Å². The van der Waals surface area contributed by atoms with Crippen LogP contribution in [0, 0.1) is 3.57 Å². The van der Waals surface area contributed by atoms with Gasteiger partial charge >= 0.3 is 0 Å². The van der Waals surface area contributed by atoms with E-state index in [1.165, 1.54) is 9.13 Å². The second-order valence-electron chi connectivity index (χ2n) is 7.29. The van der Waals surface area contributed by atoms with Gasteiger partial charge in [-0.15, -0.1) is 0 Å². The lowest BCUT2D eigenvalue weighted by Gasteiger charge is -2.33. The minimum atomic E-state index is -0.818. The molecule has 0 aromatic heterocycles. The van der Waals surface area contributed by atoms with Gasteiger partial charge in [0.05, 0.1) is 0 Å². The third-order valence-corrected chi connectivity index (χ3v) is 6.36. The van der Waals surface area contributed by atoms with E-state index in [2.05, 4.69) is 88.4 Å². The minimum Gasteiger partial charge on any atom is -0.375 e. The average Bonchev–Trinajstić information content (AvgIpc) is 2.84. The summed E-state index contributed by atoms with van der Waals surface area (Å²) in [4.78, 5) is 6.42. The molecule has 3 heteroatoms. The van der Waals surface area contributed by atoms with Gasteiger partial charge < -0.3 is 4.84 Å². The molecule has 0 saturated carbocycles. The molecule has 0 spiro atoms. The molecule has 0 unspecified atom stereocenters. The Morgan fingerprint density at radius 2 is 1.10 bits per heavy atom. The van der Waals surface area contributed by atoms with Crippen molar-refractivity contribution in [2.75, 3.05) is 0 Å². The summed E-state index contributed by atoms with van der Waals surface area (Å²) in [5.74, 6) is 0. The highest BCUT2D eigenvalue weighted by molar-refractivity contribution is 14.1. The number of nitrogens with zero attached hydrogens (tertiary/aromatic N) is 1. The normalized spacial score (nSPS) is 11.5. The summed E-state index contributed by atoms with van der Waals surface area (Å²) in [6, 6.07) is 39.4. The van der Waals surface area contributed by atoms with E-state index in [1.54, 1.807) is 0 Å². The van der Waals surface area contributed by atoms with Crippen molar-refractivity contribution in [2.24, 2.45) is 5.16 Å². The summed E-state index contributed by atoms with van der Waals surface area (Å²) in [6.07, 6.45) is 3.63. The Bertz CT molecular complexity index is 1010. The molecule has 0 N–H and O–H groups in total. The van der Waals surface area contributed by atoms with Crippen LogP contribution in [-0.4, -0.2) is 6.21 Å². The van der Waals surface area contributed by atoms with Crippen molar-refractivity contribution in [3.63, 3.8) is 0 Å². The quantitative estimate of drug-likeness (QED) is 0.105. The van der Waals surface area contributed by atoms with Crippen molar-refractivity contribution in [3.05, 3.63) is 141 Å². The highest BCUT2D eigenvalue weighted by Gasteiger charge is 2.39. The molecular formula is C28H24INO. The molecule has 0 heterocycles. The largest absolute Gasteiger partial charge is 0.375 e. The number of oxime groups is 1. The summed E-state index contributed by atoms with van der Waals surface area (Å²) in [6.45, 7) is 0. The van der Waals surface area contributed by atoms with E-state index in [9.17, 15) is 0 Å². The fourth-order valence-electron chi connectivity index (χ4n) is 3.77. The Morgan fingerprint density at radius 3 is 1.58 bits per heavy atom. The van der Waals surface area contributed by atoms with Crippen LogP contribution < -0.4 is 0 Å². The molecule has 0 atom stereocenters. The molecule has 2 nitrogen and oxygen atoms in total. The van der Waals surface area contributed by atoms with Crippen molar-refractivity contribution in [3.8, 4) is 0 Å². The zero-order valence-electron chi connectivity index (χ0n) is 17.2. The highest BCUT2D eigenvalue weighted by Crippen LogP contribution is 2.40. The number of rotatable bonds is 8. The molecule has 0 fully saturated rings. The summed E-state index contributed by atoms with van der Waals surface area (Å²) < 4.78 is 1.28. The van der Waals surface area contributed by atoms with Crippen LogP contribution in [0.1, 0.15) is 28.7 Å². The van der Waals surface area contributed by atoms with Crippen LogP contribution in [0.15, 0.2) is 120 Å². The van der Waals surface area contributed by atoms with Crippen molar-refractivity contribution in [2.45, 2.75) is 18.4 Å². The van der Waals surface area contributed by atoms with Gasteiger partial charge in [0.2, 0.25) is 5.60 Å². The Balaban J connectivity index is 1.68. The zero-order chi connectivity index (χ0) is 21.4. The second-order valence-corrected chi connectivity index (χ2v) is 8.45. The van der Waals surface area contributed by atoms with Crippen LogP contribution in [0.2, 0.25) is 0 Å². The van der Waals surface area contributed by atoms with E-state index in [-0.39, 0.29) is 0 Å². The lowest BCUT2D eigenvalue weighted by atomic mass is 9.80. The van der Waals surface area contributed by atoms with Crippen molar-refractivity contribution >= 4 is 28.8 Å². The molecule has 31 heavy (non-hydrogen) atoms. The van der Waals surface area contributed by atoms with Crippen LogP contribution in [0.3, 0.4) is 0 Å². The summed E-state index contributed by atoms with van der Waals surface area (Å²) in [7, 11) is 0. The smallest absolute Gasteiger partial charge is 0.212 e. The van der Waals surface area contributed by atoms with Crippen LogP contribution in [0.25, 0.3) is 0 Å². The Labute approximate surface area is 197 Å². The van der Waals surface area contributed by atoms with Gasteiger partial charge in [0.15, 0.2) is 0 Å². The molecule has 4 aromatic rings. The molecular weight excluding hydrogens is 493 g/mol. The topological polar surface area (TPSA) is 21.6 Å².